The lowest BCUT2D eigenvalue weighted by molar-refractivity contribution is -0.136. The van der Waals surface area contributed by atoms with Crippen LogP contribution in [0.5, 0.6) is 0 Å². The summed E-state index contributed by atoms with van der Waals surface area (Å²) < 4.78 is 0. The Morgan fingerprint density at radius 2 is 1.49 bits per heavy atom. The number of unbranched alkanes of at least 4 members (excludes halogenated alkanes) is 3. The van der Waals surface area contributed by atoms with Crippen molar-refractivity contribution >= 4 is 29.4 Å². The summed E-state index contributed by atoms with van der Waals surface area (Å²) in [5.74, 6) is -0.831. The van der Waals surface area contributed by atoms with Crippen LogP contribution in [-0.2, 0) is 17.6 Å². The molecule has 6 heteroatoms. The van der Waals surface area contributed by atoms with Gasteiger partial charge in [0.25, 0.3) is 0 Å². The summed E-state index contributed by atoms with van der Waals surface area (Å²) in [7, 11) is 0. The molecule has 3 aromatic carbocycles. The largest absolute Gasteiger partial charge is 0.481 e. The first-order valence-corrected chi connectivity index (χ1v) is 13.0. The van der Waals surface area contributed by atoms with Gasteiger partial charge in [0.15, 0.2) is 0 Å². The summed E-state index contributed by atoms with van der Waals surface area (Å²) >= 11 is 1.61. The first kappa shape index (κ1) is 26.4. The van der Waals surface area contributed by atoms with E-state index >= 15 is 0 Å². The normalized spacial score (nSPS) is 10.7. The molecule has 0 fully saturated rings. The van der Waals surface area contributed by atoms with Crippen LogP contribution in [0.3, 0.4) is 0 Å². The van der Waals surface area contributed by atoms with Gasteiger partial charge in [0.1, 0.15) is 0 Å². The molecule has 0 aliphatic rings. The summed E-state index contributed by atoms with van der Waals surface area (Å²) in [6, 6.07) is 25.8. The summed E-state index contributed by atoms with van der Waals surface area (Å²) in [5.41, 5.74) is 2.85. The number of nitrogens with one attached hydrogen (secondary N) is 1. The van der Waals surface area contributed by atoms with Gasteiger partial charge in [-0.05, 0) is 60.4 Å². The average molecular weight is 491 g/mol. The summed E-state index contributed by atoms with van der Waals surface area (Å²) in [5, 5.41) is 12.0. The van der Waals surface area contributed by atoms with Crippen molar-refractivity contribution in [2.75, 3.05) is 18.0 Å². The van der Waals surface area contributed by atoms with Crippen LogP contribution < -0.4 is 10.2 Å². The van der Waals surface area contributed by atoms with Crippen molar-refractivity contribution < 1.29 is 14.7 Å². The molecule has 2 N–H and O–H groups in total. The molecule has 0 saturated heterocycles. The minimum Gasteiger partial charge on any atom is -0.481 e. The molecule has 2 amide bonds. The SMILES string of the molecule is CCCCCCNC(=O)N(CCc1ccccc1)c1ccc(Sc2ccc(CC(=O)O)cc2)cc1. The van der Waals surface area contributed by atoms with Crippen LogP contribution in [0.25, 0.3) is 0 Å². The molecule has 0 saturated carbocycles. The molecular weight excluding hydrogens is 456 g/mol. The van der Waals surface area contributed by atoms with Crippen LogP contribution in [0.4, 0.5) is 10.5 Å². The van der Waals surface area contributed by atoms with Gasteiger partial charge < -0.3 is 10.4 Å². The predicted octanol–water partition coefficient (Wildman–Crippen LogP) is 6.80. The molecule has 5 nitrogen and oxygen atoms in total. The zero-order chi connectivity index (χ0) is 24.9. The van der Waals surface area contributed by atoms with Crippen LogP contribution in [0.15, 0.2) is 88.7 Å². The Kier molecular flexibility index (Phi) is 10.7. The predicted molar refractivity (Wildman–Crippen MR) is 143 cm³/mol. The molecule has 3 aromatic rings. The molecule has 0 unspecified atom stereocenters. The molecule has 184 valence electrons. The van der Waals surface area contributed by atoms with Crippen molar-refractivity contribution in [3.05, 3.63) is 90.0 Å². The van der Waals surface area contributed by atoms with E-state index in [1.807, 2.05) is 71.6 Å². The van der Waals surface area contributed by atoms with Crippen molar-refractivity contribution in [3.8, 4) is 0 Å². The van der Waals surface area contributed by atoms with E-state index in [2.05, 4.69) is 24.4 Å². The van der Waals surface area contributed by atoms with Crippen molar-refractivity contribution in [2.24, 2.45) is 0 Å². The van der Waals surface area contributed by atoms with Crippen molar-refractivity contribution in [1.82, 2.24) is 5.32 Å². The number of carbonyl (C=O) groups excluding carboxylic acids is 1. The highest BCUT2D eigenvalue weighted by molar-refractivity contribution is 7.99. The first-order valence-electron chi connectivity index (χ1n) is 12.2. The monoisotopic (exact) mass is 490 g/mol. The minimum atomic E-state index is -0.831. The highest BCUT2D eigenvalue weighted by Crippen LogP contribution is 2.29. The lowest BCUT2D eigenvalue weighted by Gasteiger charge is -2.24. The number of hydrogen-bond donors (Lipinski definition) is 2. The third-order valence-corrected chi connectivity index (χ3v) is 6.70. The van der Waals surface area contributed by atoms with E-state index in [0.717, 1.165) is 40.3 Å². The third kappa shape index (κ3) is 9.13. The number of rotatable bonds is 13. The second kappa shape index (κ2) is 14.2. The molecule has 0 aliphatic carbocycles. The van der Waals surface area contributed by atoms with Crippen LogP contribution in [0.1, 0.15) is 43.7 Å². The Hall–Kier alpha value is -3.25. The van der Waals surface area contributed by atoms with Crippen LogP contribution >= 0.6 is 11.8 Å². The fourth-order valence-corrected chi connectivity index (χ4v) is 4.57. The molecule has 0 heterocycles. The lowest BCUT2D eigenvalue weighted by atomic mass is 10.1. The number of amides is 2. The molecule has 3 rings (SSSR count). The number of benzene rings is 3. The lowest BCUT2D eigenvalue weighted by Crippen LogP contribution is -2.41. The number of carboxylic acid groups (broad SMARTS) is 1. The van der Waals surface area contributed by atoms with Gasteiger partial charge in [-0.15, -0.1) is 0 Å². The Balaban J connectivity index is 1.65. The summed E-state index contributed by atoms with van der Waals surface area (Å²) in [6.07, 6.45) is 5.29. The maximum atomic E-state index is 13.0. The number of carbonyl (C=O) groups is 2. The molecule has 0 aliphatic heterocycles. The highest BCUT2D eigenvalue weighted by atomic mass is 32.2. The number of urea groups is 1. The van der Waals surface area contributed by atoms with Gasteiger partial charge in [-0.25, -0.2) is 4.79 Å². The second-order valence-electron chi connectivity index (χ2n) is 8.49. The van der Waals surface area contributed by atoms with Gasteiger partial charge in [0.05, 0.1) is 6.42 Å². The van der Waals surface area contributed by atoms with Crippen molar-refractivity contribution in [2.45, 2.75) is 55.2 Å². The van der Waals surface area contributed by atoms with Gasteiger partial charge in [0, 0.05) is 28.6 Å². The van der Waals surface area contributed by atoms with Gasteiger partial charge >= 0.3 is 12.0 Å². The van der Waals surface area contributed by atoms with E-state index in [9.17, 15) is 9.59 Å². The van der Waals surface area contributed by atoms with E-state index in [4.69, 9.17) is 5.11 Å². The molecular formula is C29H34N2O3S. The van der Waals surface area contributed by atoms with E-state index < -0.39 is 5.97 Å². The van der Waals surface area contributed by atoms with E-state index in [0.29, 0.717) is 13.1 Å². The summed E-state index contributed by atoms with van der Waals surface area (Å²) in [6.45, 7) is 3.47. The number of carboxylic acids is 1. The fourth-order valence-electron chi connectivity index (χ4n) is 3.76. The van der Waals surface area contributed by atoms with Crippen LogP contribution in [0.2, 0.25) is 0 Å². The average Bonchev–Trinajstić information content (AvgIpc) is 2.86. The Morgan fingerprint density at radius 1 is 0.829 bits per heavy atom. The van der Waals surface area contributed by atoms with Crippen LogP contribution in [-0.4, -0.2) is 30.2 Å². The zero-order valence-corrected chi connectivity index (χ0v) is 21.1. The Morgan fingerprint density at radius 3 is 2.11 bits per heavy atom. The molecule has 35 heavy (non-hydrogen) atoms. The van der Waals surface area contributed by atoms with E-state index in [1.165, 1.54) is 18.4 Å². The van der Waals surface area contributed by atoms with Gasteiger partial charge in [0.2, 0.25) is 0 Å². The smallest absolute Gasteiger partial charge is 0.321 e. The van der Waals surface area contributed by atoms with Gasteiger partial charge in [-0.2, -0.15) is 0 Å². The summed E-state index contributed by atoms with van der Waals surface area (Å²) in [4.78, 5) is 27.8. The molecule has 0 spiro atoms. The molecule has 0 atom stereocenters. The standard InChI is InChI=1S/C29H34N2O3S/c1-2-3-4-8-20-30-29(34)31(21-19-23-9-6-5-7-10-23)25-13-17-27(18-14-25)35-26-15-11-24(12-16-26)22-28(32)33/h5-7,9-18H,2-4,8,19-22H2,1H3,(H,30,34)(H,32,33). The maximum absolute atomic E-state index is 13.0. The first-order chi connectivity index (χ1) is 17.0. The van der Waals surface area contributed by atoms with Crippen molar-refractivity contribution in [3.63, 3.8) is 0 Å². The number of aliphatic carboxylic acids is 1. The van der Waals surface area contributed by atoms with Crippen LogP contribution in [0, 0.1) is 0 Å². The van der Waals surface area contributed by atoms with E-state index in [-0.39, 0.29) is 12.5 Å². The minimum absolute atomic E-state index is 0.0269. The quantitative estimate of drug-likeness (QED) is 0.258. The second-order valence-corrected chi connectivity index (χ2v) is 9.64. The molecule has 0 aromatic heterocycles. The zero-order valence-electron chi connectivity index (χ0n) is 20.3. The highest BCUT2D eigenvalue weighted by Gasteiger charge is 2.15. The molecule has 0 bridgehead atoms. The maximum Gasteiger partial charge on any atom is 0.321 e. The van der Waals surface area contributed by atoms with Gasteiger partial charge in [-0.1, -0.05) is 80.4 Å². The topological polar surface area (TPSA) is 69.6 Å². The van der Waals surface area contributed by atoms with Gasteiger partial charge in [-0.3, -0.25) is 9.69 Å². The number of hydrogen-bond acceptors (Lipinski definition) is 3. The Bertz CT molecular complexity index is 1050. The molecule has 0 radical (unpaired) electrons. The fraction of sp³-hybridized carbons (Fsp3) is 0.310. The number of anilines is 1. The Labute approximate surface area is 212 Å². The number of nitrogens with zero attached hydrogens (tertiary/aromatic N) is 1. The van der Waals surface area contributed by atoms with Crippen molar-refractivity contribution in [1.29, 1.82) is 0 Å². The third-order valence-electron chi connectivity index (χ3n) is 5.68. The van der Waals surface area contributed by atoms with E-state index in [1.54, 1.807) is 11.8 Å².